The number of rotatable bonds is 5. The standard InChI is InChI=1S/C16H17BrN2O2/c1-21-12-7-8-14(17)15(9-12)19-16(20)13(10-18)11-5-3-2-4-6-11/h2-9,13H,10,18H2,1H3,(H,19,20). The molecule has 2 aromatic carbocycles. The zero-order valence-electron chi connectivity index (χ0n) is 11.7. The fraction of sp³-hybridized carbons (Fsp3) is 0.188. The van der Waals surface area contributed by atoms with Gasteiger partial charge in [0.05, 0.1) is 18.7 Å². The fourth-order valence-electron chi connectivity index (χ4n) is 2.03. The molecule has 1 amide bonds. The Bertz CT molecular complexity index is 617. The number of hydrogen-bond donors (Lipinski definition) is 2. The summed E-state index contributed by atoms with van der Waals surface area (Å²) < 4.78 is 5.96. The maximum Gasteiger partial charge on any atom is 0.233 e. The van der Waals surface area contributed by atoms with E-state index in [1.165, 1.54) is 0 Å². The van der Waals surface area contributed by atoms with E-state index in [4.69, 9.17) is 10.5 Å². The molecule has 0 aromatic heterocycles. The van der Waals surface area contributed by atoms with Crippen LogP contribution in [0.25, 0.3) is 0 Å². The Hall–Kier alpha value is -1.85. The van der Waals surface area contributed by atoms with Crippen molar-refractivity contribution in [2.75, 3.05) is 19.0 Å². The van der Waals surface area contributed by atoms with Gasteiger partial charge < -0.3 is 15.8 Å². The van der Waals surface area contributed by atoms with Crippen molar-refractivity contribution in [3.8, 4) is 5.75 Å². The number of carbonyl (C=O) groups excluding carboxylic acids is 1. The lowest BCUT2D eigenvalue weighted by Crippen LogP contribution is -2.27. The van der Waals surface area contributed by atoms with Crippen LogP contribution in [0, 0.1) is 0 Å². The zero-order chi connectivity index (χ0) is 15.2. The molecule has 0 aliphatic heterocycles. The highest BCUT2D eigenvalue weighted by Crippen LogP contribution is 2.28. The Morgan fingerprint density at radius 1 is 1.29 bits per heavy atom. The number of nitrogens with one attached hydrogen (secondary N) is 1. The van der Waals surface area contributed by atoms with Gasteiger partial charge in [0.15, 0.2) is 0 Å². The molecule has 0 saturated heterocycles. The number of anilines is 1. The average molecular weight is 349 g/mol. The van der Waals surface area contributed by atoms with Gasteiger partial charge in [0.1, 0.15) is 5.75 Å². The number of hydrogen-bond acceptors (Lipinski definition) is 3. The zero-order valence-corrected chi connectivity index (χ0v) is 13.3. The molecule has 2 aromatic rings. The molecule has 2 rings (SSSR count). The number of halogens is 1. The lowest BCUT2D eigenvalue weighted by Gasteiger charge is -2.16. The van der Waals surface area contributed by atoms with Crippen LogP contribution in [0.1, 0.15) is 11.5 Å². The van der Waals surface area contributed by atoms with Crippen LogP contribution >= 0.6 is 15.9 Å². The van der Waals surface area contributed by atoms with Crippen LogP contribution in [0.3, 0.4) is 0 Å². The van der Waals surface area contributed by atoms with Gasteiger partial charge in [0, 0.05) is 17.1 Å². The Morgan fingerprint density at radius 2 is 2.00 bits per heavy atom. The monoisotopic (exact) mass is 348 g/mol. The lowest BCUT2D eigenvalue weighted by atomic mass is 9.98. The molecule has 1 atom stereocenters. The van der Waals surface area contributed by atoms with Crippen molar-refractivity contribution in [2.45, 2.75) is 5.92 Å². The molecule has 0 bridgehead atoms. The smallest absolute Gasteiger partial charge is 0.233 e. The summed E-state index contributed by atoms with van der Waals surface area (Å²) in [6, 6.07) is 14.9. The minimum absolute atomic E-state index is 0.141. The first-order valence-electron chi connectivity index (χ1n) is 6.55. The number of benzene rings is 2. The van der Waals surface area contributed by atoms with Crippen molar-refractivity contribution in [1.29, 1.82) is 0 Å². The molecule has 0 heterocycles. The Morgan fingerprint density at radius 3 is 2.62 bits per heavy atom. The van der Waals surface area contributed by atoms with Gasteiger partial charge in [-0.2, -0.15) is 0 Å². The highest BCUT2D eigenvalue weighted by molar-refractivity contribution is 9.10. The first kappa shape index (κ1) is 15.5. The second-order valence-electron chi connectivity index (χ2n) is 4.53. The SMILES string of the molecule is COc1ccc(Br)c(NC(=O)C(CN)c2ccccc2)c1. The number of methoxy groups -OCH3 is 1. The summed E-state index contributed by atoms with van der Waals surface area (Å²) in [7, 11) is 1.58. The minimum Gasteiger partial charge on any atom is -0.497 e. The molecule has 0 spiro atoms. The highest BCUT2D eigenvalue weighted by atomic mass is 79.9. The summed E-state index contributed by atoms with van der Waals surface area (Å²) in [5, 5.41) is 2.89. The Kier molecular flexibility index (Phi) is 5.36. The molecule has 110 valence electrons. The predicted octanol–water partition coefficient (Wildman–Crippen LogP) is 3.14. The maximum absolute atomic E-state index is 12.4. The Balaban J connectivity index is 2.20. The van der Waals surface area contributed by atoms with E-state index >= 15 is 0 Å². The fourth-order valence-corrected chi connectivity index (χ4v) is 2.37. The molecule has 3 N–H and O–H groups in total. The van der Waals surface area contributed by atoms with Crippen molar-refractivity contribution in [3.63, 3.8) is 0 Å². The van der Waals surface area contributed by atoms with Crippen LogP contribution in [-0.4, -0.2) is 19.6 Å². The minimum atomic E-state index is -0.385. The number of carbonyl (C=O) groups is 1. The van der Waals surface area contributed by atoms with E-state index in [0.29, 0.717) is 11.4 Å². The first-order chi connectivity index (χ1) is 10.2. The molecule has 5 heteroatoms. The van der Waals surface area contributed by atoms with Crippen molar-refractivity contribution < 1.29 is 9.53 Å². The van der Waals surface area contributed by atoms with Crippen LogP contribution in [0.5, 0.6) is 5.75 Å². The van der Waals surface area contributed by atoms with Gasteiger partial charge in [0.25, 0.3) is 0 Å². The number of ether oxygens (including phenoxy) is 1. The van der Waals surface area contributed by atoms with Crippen molar-refractivity contribution in [2.24, 2.45) is 5.73 Å². The molecule has 0 aliphatic carbocycles. The summed E-state index contributed by atoms with van der Waals surface area (Å²) in [5.74, 6) is 0.152. The second-order valence-corrected chi connectivity index (χ2v) is 5.39. The van der Waals surface area contributed by atoms with Crippen LogP contribution in [-0.2, 0) is 4.79 Å². The molecule has 1 unspecified atom stereocenters. The Labute approximate surface area is 132 Å². The van der Waals surface area contributed by atoms with E-state index in [0.717, 1.165) is 10.0 Å². The van der Waals surface area contributed by atoms with Crippen LogP contribution in [0.4, 0.5) is 5.69 Å². The molecular formula is C16H17BrN2O2. The van der Waals surface area contributed by atoms with Crippen LogP contribution in [0.2, 0.25) is 0 Å². The highest BCUT2D eigenvalue weighted by Gasteiger charge is 2.19. The van der Waals surface area contributed by atoms with Gasteiger partial charge in [0.2, 0.25) is 5.91 Å². The van der Waals surface area contributed by atoms with Gasteiger partial charge in [-0.3, -0.25) is 4.79 Å². The van der Waals surface area contributed by atoms with Gasteiger partial charge in [-0.25, -0.2) is 0 Å². The van der Waals surface area contributed by atoms with E-state index in [1.54, 1.807) is 13.2 Å². The third kappa shape index (κ3) is 3.83. The summed E-state index contributed by atoms with van der Waals surface area (Å²) in [5.41, 5.74) is 7.32. The molecule has 0 saturated carbocycles. The normalized spacial score (nSPS) is 11.8. The van der Waals surface area contributed by atoms with E-state index in [9.17, 15) is 4.79 Å². The molecular weight excluding hydrogens is 332 g/mol. The summed E-state index contributed by atoms with van der Waals surface area (Å²) >= 11 is 3.41. The molecule has 0 fully saturated rings. The van der Waals surface area contributed by atoms with Gasteiger partial charge >= 0.3 is 0 Å². The van der Waals surface area contributed by atoms with Crippen molar-refractivity contribution in [3.05, 3.63) is 58.6 Å². The van der Waals surface area contributed by atoms with Gasteiger partial charge in [-0.05, 0) is 33.6 Å². The van der Waals surface area contributed by atoms with Gasteiger partial charge in [-0.15, -0.1) is 0 Å². The third-order valence-electron chi connectivity index (χ3n) is 3.19. The van der Waals surface area contributed by atoms with Crippen molar-refractivity contribution in [1.82, 2.24) is 0 Å². The summed E-state index contributed by atoms with van der Waals surface area (Å²) in [4.78, 5) is 12.4. The lowest BCUT2D eigenvalue weighted by molar-refractivity contribution is -0.117. The second kappa shape index (κ2) is 7.24. The maximum atomic E-state index is 12.4. The molecule has 21 heavy (non-hydrogen) atoms. The van der Waals surface area contributed by atoms with E-state index in [2.05, 4.69) is 21.2 Å². The molecule has 4 nitrogen and oxygen atoms in total. The van der Waals surface area contributed by atoms with Crippen LogP contribution in [0.15, 0.2) is 53.0 Å². The van der Waals surface area contributed by atoms with Crippen LogP contribution < -0.4 is 15.8 Å². The summed E-state index contributed by atoms with van der Waals surface area (Å²) in [6.45, 7) is 0.247. The predicted molar refractivity (Wildman–Crippen MR) is 87.6 cm³/mol. The molecule has 0 radical (unpaired) electrons. The average Bonchev–Trinajstić information content (AvgIpc) is 2.51. The third-order valence-corrected chi connectivity index (χ3v) is 3.88. The first-order valence-corrected chi connectivity index (χ1v) is 7.34. The summed E-state index contributed by atoms with van der Waals surface area (Å²) in [6.07, 6.45) is 0. The van der Waals surface area contributed by atoms with E-state index < -0.39 is 0 Å². The number of amides is 1. The van der Waals surface area contributed by atoms with E-state index in [-0.39, 0.29) is 18.4 Å². The van der Waals surface area contributed by atoms with Gasteiger partial charge in [-0.1, -0.05) is 30.3 Å². The van der Waals surface area contributed by atoms with E-state index in [1.807, 2.05) is 42.5 Å². The van der Waals surface area contributed by atoms with Crippen molar-refractivity contribution >= 4 is 27.5 Å². The molecule has 0 aliphatic rings. The topological polar surface area (TPSA) is 64.3 Å². The quantitative estimate of drug-likeness (QED) is 0.872. The largest absolute Gasteiger partial charge is 0.497 e. The number of nitrogens with two attached hydrogens (primary N) is 1.